The van der Waals surface area contributed by atoms with Crippen LogP contribution in [0.5, 0.6) is 0 Å². The highest BCUT2D eigenvalue weighted by Gasteiger charge is 2.31. The molecule has 1 aliphatic rings. The molecule has 0 aliphatic carbocycles. The number of nitrogens with zero attached hydrogens (tertiary/aromatic N) is 2. The van der Waals surface area contributed by atoms with Gasteiger partial charge in [0.05, 0.1) is 4.90 Å². The lowest BCUT2D eigenvalue weighted by atomic mass is 10.1. The smallest absolute Gasteiger partial charge is 0.243 e. The van der Waals surface area contributed by atoms with Crippen molar-refractivity contribution in [1.29, 1.82) is 0 Å². The second-order valence-electron chi connectivity index (χ2n) is 5.37. The highest BCUT2D eigenvalue weighted by atomic mass is 32.2. The van der Waals surface area contributed by atoms with Gasteiger partial charge in [0, 0.05) is 19.6 Å². The molecular formula is C14H23N3O2S. The van der Waals surface area contributed by atoms with Crippen LogP contribution in [0.25, 0.3) is 0 Å². The number of sulfonamides is 1. The first kappa shape index (κ1) is 15.4. The molecule has 0 saturated carbocycles. The number of nitrogens with two attached hydrogens (primary N) is 1. The minimum absolute atomic E-state index is 0.0713. The molecule has 0 unspecified atom stereocenters. The van der Waals surface area contributed by atoms with Crippen molar-refractivity contribution in [3.05, 3.63) is 29.8 Å². The molecule has 0 aromatic heterocycles. The third-order valence-electron chi connectivity index (χ3n) is 4.05. The normalized spacial score (nSPS) is 18.6. The molecule has 0 radical (unpaired) electrons. The molecule has 1 heterocycles. The largest absolute Gasteiger partial charge is 0.326 e. The van der Waals surface area contributed by atoms with Gasteiger partial charge in [-0.15, -0.1) is 0 Å². The van der Waals surface area contributed by atoms with E-state index in [4.69, 9.17) is 5.73 Å². The summed E-state index contributed by atoms with van der Waals surface area (Å²) in [7, 11) is 0.279. The Balaban J connectivity index is 2.25. The molecule has 5 nitrogen and oxygen atoms in total. The average molecular weight is 297 g/mol. The Morgan fingerprint density at radius 1 is 1.30 bits per heavy atom. The molecule has 20 heavy (non-hydrogen) atoms. The summed E-state index contributed by atoms with van der Waals surface area (Å²) in [6.45, 7) is 2.10. The van der Waals surface area contributed by atoms with E-state index in [0.29, 0.717) is 10.5 Å². The van der Waals surface area contributed by atoms with E-state index in [0.717, 1.165) is 25.9 Å². The molecule has 6 heteroatoms. The first-order chi connectivity index (χ1) is 9.46. The first-order valence-corrected chi connectivity index (χ1v) is 8.35. The van der Waals surface area contributed by atoms with Gasteiger partial charge in [-0.1, -0.05) is 18.2 Å². The summed E-state index contributed by atoms with van der Waals surface area (Å²) in [5, 5.41) is 0. The number of likely N-dealkylation sites (tertiary alicyclic amines) is 1. The van der Waals surface area contributed by atoms with E-state index in [9.17, 15) is 8.42 Å². The Hall–Kier alpha value is -0.950. The summed E-state index contributed by atoms with van der Waals surface area (Å²) in [5.74, 6) is 0. The number of hydrogen-bond acceptors (Lipinski definition) is 4. The SMILES string of the molecule is CN1CCC(N(C)S(=O)(=O)c2ccccc2CN)CC1. The van der Waals surface area contributed by atoms with Crippen LogP contribution in [-0.2, 0) is 16.6 Å². The average Bonchev–Trinajstić information content (AvgIpc) is 2.47. The monoisotopic (exact) mass is 297 g/mol. The maximum Gasteiger partial charge on any atom is 0.243 e. The molecule has 0 amide bonds. The molecule has 1 aromatic carbocycles. The van der Waals surface area contributed by atoms with Crippen molar-refractivity contribution in [1.82, 2.24) is 9.21 Å². The maximum atomic E-state index is 12.7. The molecule has 0 spiro atoms. The molecular weight excluding hydrogens is 274 g/mol. The highest BCUT2D eigenvalue weighted by molar-refractivity contribution is 7.89. The molecule has 112 valence electrons. The van der Waals surface area contributed by atoms with Gasteiger partial charge < -0.3 is 10.6 Å². The number of rotatable bonds is 4. The molecule has 1 fully saturated rings. The predicted octanol–water partition coefficient (Wildman–Crippen LogP) is 0.860. The van der Waals surface area contributed by atoms with Crippen molar-refractivity contribution < 1.29 is 8.42 Å². The zero-order chi connectivity index (χ0) is 14.8. The molecule has 1 saturated heterocycles. The fraction of sp³-hybridized carbons (Fsp3) is 0.571. The van der Waals surface area contributed by atoms with Crippen molar-refractivity contribution in [3.63, 3.8) is 0 Å². The topological polar surface area (TPSA) is 66.6 Å². The van der Waals surface area contributed by atoms with Crippen LogP contribution in [0.15, 0.2) is 29.2 Å². The molecule has 0 atom stereocenters. The summed E-state index contributed by atoms with van der Waals surface area (Å²) in [6.07, 6.45) is 1.74. The van der Waals surface area contributed by atoms with Crippen LogP contribution < -0.4 is 5.73 Å². The third-order valence-corrected chi connectivity index (χ3v) is 6.06. The second-order valence-corrected chi connectivity index (χ2v) is 7.33. The van der Waals surface area contributed by atoms with E-state index in [1.165, 1.54) is 4.31 Å². The van der Waals surface area contributed by atoms with Gasteiger partial charge in [-0.05, 0) is 44.6 Å². The number of piperidine rings is 1. The minimum Gasteiger partial charge on any atom is -0.326 e. The van der Waals surface area contributed by atoms with Gasteiger partial charge in [-0.25, -0.2) is 8.42 Å². The van der Waals surface area contributed by atoms with Crippen LogP contribution in [0.2, 0.25) is 0 Å². The Kier molecular flexibility index (Phi) is 4.80. The van der Waals surface area contributed by atoms with Crippen LogP contribution in [0.4, 0.5) is 0 Å². The van der Waals surface area contributed by atoms with Crippen LogP contribution >= 0.6 is 0 Å². The van der Waals surface area contributed by atoms with Gasteiger partial charge in [0.1, 0.15) is 0 Å². The highest BCUT2D eigenvalue weighted by Crippen LogP contribution is 2.24. The summed E-state index contributed by atoms with van der Waals surface area (Å²) in [4.78, 5) is 2.56. The number of benzene rings is 1. The van der Waals surface area contributed by atoms with E-state index in [1.54, 1.807) is 25.2 Å². The molecule has 2 N–H and O–H groups in total. The molecule has 2 rings (SSSR count). The van der Waals surface area contributed by atoms with Crippen molar-refractivity contribution in [2.45, 2.75) is 30.3 Å². The van der Waals surface area contributed by atoms with Crippen molar-refractivity contribution in [3.8, 4) is 0 Å². The van der Waals surface area contributed by atoms with Gasteiger partial charge in [0.25, 0.3) is 0 Å². The van der Waals surface area contributed by atoms with Crippen LogP contribution in [0, 0.1) is 0 Å². The van der Waals surface area contributed by atoms with Crippen molar-refractivity contribution in [2.24, 2.45) is 5.73 Å². The van der Waals surface area contributed by atoms with Gasteiger partial charge in [0.2, 0.25) is 10.0 Å². The maximum absolute atomic E-state index is 12.7. The van der Waals surface area contributed by atoms with E-state index in [2.05, 4.69) is 11.9 Å². The fourth-order valence-corrected chi connectivity index (χ4v) is 4.28. The standard InChI is InChI=1S/C14H23N3O2S/c1-16-9-7-13(8-10-16)17(2)20(18,19)14-6-4-3-5-12(14)11-15/h3-6,13H,7-11,15H2,1-2H3. The molecule has 1 aromatic rings. The minimum atomic E-state index is -3.46. The predicted molar refractivity (Wildman–Crippen MR) is 79.8 cm³/mol. The fourth-order valence-electron chi connectivity index (χ4n) is 2.63. The van der Waals surface area contributed by atoms with Gasteiger partial charge in [0.15, 0.2) is 0 Å². The van der Waals surface area contributed by atoms with E-state index < -0.39 is 10.0 Å². The van der Waals surface area contributed by atoms with Crippen LogP contribution in [0.1, 0.15) is 18.4 Å². The Morgan fingerprint density at radius 3 is 2.50 bits per heavy atom. The lowest BCUT2D eigenvalue weighted by Crippen LogP contribution is -2.44. The number of hydrogen-bond donors (Lipinski definition) is 1. The second kappa shape index (κ2) is 6.22. The third kappa shape index (κ3) is 3.03. The lowest BCUT2D eigenvalue weighted by Gasteiger charge is -2.34. The van der Waals surface area contributed by atoms with Crippen molar-refractivity contribution >= 4 is 10.0 Å². The Bertz CT molecular complexity index is 551. The van der Waals surface area contributed by atoms with Gasteiger partial charge >= 0.3 is 0 Å². The molecule has 0 bridgehead atoms. The Morgan fingerprint density at radius 2 is 1.90 bits per heavy atom. The van der Waals surface area contributed by atoms with Crippen LogP contribution in [0.3, 0.4) is 0 Å². The molecule has 1 aliphatic heterocycles. The van der Waals surface area contributed by atoms with E-state index in [1.807, 2.05) is 6.07 Å². The lowest BCUT2D eigenvalue weighted by molar-refractivity contribution is 0.197. The summed E-state index contributed by atoms with van der Waals surface area (Å²) in [6, 6.07) is 7.05. The van der Waals surface area contributed by atoms with E-state index >= 15 is 0 Å². The Labute approximate surface area is 121 Å². The van der Waals surface area contributed by atoms with Gasteiger partial charge in [-0.3, -0.25) is 0 Å². The first-order valence-electron chi connectivity index (χ1n) is 6.91. The summed E-state index contributed by atoms with van der Waals surface area (Å²) < 4.78 is 27.0. The zero-order valence-electron chi connectivity index (χ0n) is 12.1. The zero-order valence-corrected chi connectivity index (χ0v) is 12.9. The van der Waals surface area contributed by atoms with Crippen molar-refractivity contribution in [2.75, 3.05) is 27.2 Å². The summed E-state index contributed by atoms with van der Waals surface area (Å²) in [5.41, 5.74) is 6.33. The van der Waals surface area contributed by atoms with Gasteiger partial charge in [-0.2, -0.15) is 4.31 Å². The quantitative estimate of drug-likeness (QED) is 0.895. The van der Waals surface area contributed by atoms with E-state index in [-0.39, 0.29) is 12.6 Å². The van der Waals surface area contributed by atoms with Crippen LogP contribution in [-0.4, -0.2) is 50.8 Å². The summed E-state index contributed by atoms with van der Waals surface area (Å²) >= 11 is 0.